The molecule has 3 rings (SSSR count). The summed E-state index contributed by atoms with van der Waals surface area (Å²) in [4.78, 5) is 134. The summed E-state index contributed by atoms with van der Waals surface area (Å²) in [6.45, 7) is 3.33. The third-order valence-electron chi connectivity index (χ3n) is 11.0. The Bertz CT molecular complexity index is 2260. The van der Waals surface area contributed by atoms with Crippen molar-refractivity contribution in [3.63, 3.8) is 0 Å². The largest absolute Gasteiger partial charge is 0.467 e. The van der Waals surface area contributed by atoms with Gasteiger partial charge in [0.25, 0.3) is 11.8 Å². The van der Waals surface area contributed by atoms with Crippen LogP contribution < -0.4 is 47.9 Å². The lowest BCUT2D eigenvalue weighted by molar-refractivity contribution is -0.151. The lowest BCUT2D eigenvalue weighted by Crippen LogP contribution is -2.65. The fraction of sp³-hybridized carbons (Fsp3) is 0.478. The van der Waals surface area contributed by atoms with Crippen LogP contribution in [0.2, 0.25) is 0 Å². The van der Waals surface area contributed by atoms with E-state index in [1.165, 1.54) is 33.8 Å². The fourth-order valence-corrected chi connectivity index (χ4v) is 6.62. The number of carbonyl (C=O) groups excluding carboxylic acids is 10. The predicted molar refractivity (Wildman–Crippen MR) is 249 cm³/mol. The first-order valence-electron chi connectivity index (χ1n) is 22.4. The van der Waals surface area contributed by atoms with Crippen molar-refractivity contribution in [2.24, 2.45) is 5.92 Å². The van der Waals surface area contributed by atoms with Gasteiger partial charge in [-0.3, -0.25) is 43.2 Å². The predicted octanol–water partition coefficient (Wildman–Crippen LogP) is -5.58. The minimum Gasteiger partial charge on any atom is -0.467 e. The summed E-state index contributed by atoms with van der Waals surface area (Å²) in [5.74, 6) is -12.9. The van der Waals surface area contributed by atoms with Gasteiger partial charge < -0.3 is 78.1 Å². The molecule has 0 radical (unpaired) electrons. The first kappa shape index (κ1) is 58.0. The molecule has 0 spiro atoms. The van der Waals surface area contributed by atoms with Gasteiger partial charge in [0.05, 0.1) is 38.9 Å². The number of methoxy groups -OCH3 is 1. The van der Waals surface area contributed by atoms with Gasteiger partial charge in [-0.1, -0.05) is 74.5 Å². The molecule has 0 saturated carbocycles. The molecular weight excluding hydrogens is 935 g/mol. The number of ether oxygens (including phenoxy) is 1. The van der Waals surface area contributed by atoms with Crippen molar-refractivity contribution in [1.29, 1.82) is 0 Å². The van der Waals surface area contributed by atoms with Gasteiger partial charge in [0.15, 0.2) is 0 Å². The Kier molecular flexibility index (Phi) is 22.7. The molecule has 0 aliphatic carbocycles. The highest BCUT2D eigenvalue weighted by atomic mass is 16.5. The van der Waals surface area contributed by atoms with Crippen LogP contribution in [0.15, 0.2) is 66.2 Å². The second-order valence-electron chi connectivity index (χ2n) is 16.8. The number of hydrogen-bond acceptors (Lipinski definition) is 16. The topological polar surface area (TPSA) is 389 Å². The lowest BCUT2D eigenvalue weighted by atomic mass is 9.99. The van der Waals surface area contributed by atoms with Gasteiger partial charge in [-0.15, -0.1) is 0 Å². The molecule has 1 aliphatic heterocycles. The summed E-state index contributed by atoms with van der Waals surface area (Å²) in [5, 5.41) is 73.8. The number of aliphatic hydroxyl groups excluding tert-OH is 5. The normalized spacial score (nSPS) is 23.8. The van der Waals surface area contributed by atoms with E-state index in [4.69, 9.17) is 0 Å². The zero-order valence-corrected chi connectivity index (χ0v) is 39.9. The second kappa shape index (κ2) is 27.8. The van der Waals surface area contributed by atoms with E-state index in [-0.39, 0.29) is 12.0 Å². The van der Waals surface area contributed by atoms with Gasteiger partial charge in [-0.2, -0.15) is 0 Å². The van der Waals surface area contributed by atoms with Crippen LogP contribution in [0.1, 0.15) is 40.2 Å². The summed E-state index contributed by atoms with van der Waals surface area (Å²) in [7, 11) is 0.834. The molecule has 2 aromatic rings. The van der Waals surface area contributed by atoms with Crippen molar-refractivity contribution in [3.8, 4) is 11.1 Å². The Morgan fingerprint density at radius 2 is 1.27 bits per heavy atom. The van der Waals surface area contributed by atoms with E-state index < -0.39 is 152 Å². The molecule has 14 N–H and O–H groups in total. The Morgan fingerprint density at radius 3 is 1.85 bits per heavy atom. The third-order valence-corrected chi connectivity index (χ3v) is 11.0. The molecular formula is C46H63N9O16. The van der Waals surface area contributed by atoms with E-state index in [1.807, 2.05) is 47.8 Å². The number of carbonyl (C=O) groups is 10. The number of esters is 1. The Balaban J connectivity index is 1.99. The second-order valence-corrected chi connectivity index (χ2v) is 16.8. The molecule has 25 nitrogen and oxygen atoms in total. The zero-order valence-electron chi connectivity index (χ0n) is 39.9. The molecule has 71 heavy (non-hydrogen) atoms. The van der Waals surface area contributed by atoms with Crippen LogP contribution in [0.25, 0.3) is 11.1 Å². The number of nitrogens with one attached hydrogen (secondary N) is 9. The van der Waals surface area contributed by atoms with Crippen molar-refractivity contribution in [1.82, 2.24) is 47.9 Å². The minimum absolute atomic E-state index is 0.168. The highest BCUT2D eigenvalue weighted by molar-refractivity contribution is 6.07. The molecule has 4 unspecified atom stereocenters. The van der Waals surface area contributed by atoms with Crippen molar-refractivity contribution in [2.75, 3.05) is 33.4 Å². The molecule has 1 aliphatic rings. The molecule has 10 atom stereocenters. The van der Waals surface area contributed by atoms with Crippen molar-refractivity contribution >= 4 is 59.1 Å². The van der Waals surface area contributed by atoms with Crippen LogP contribution in [0.5, 0.6) is 0 Å². The maximum Gasteiger partial charge on any atom is 0.338 e. The number of β-amino-alcohol motifs (C(OH)–C–C–N with tert-alkyl or cyclic N) is 1. The van der Waals surface area contributed by atoms with E-state index in [0.29, 0.717) is 5.56 Å². The van der Waals surface area contributed by atoms with Gasteiger partial charge in [0.2, 0.25) is 47.4 Å². The number of amides is 9. The summed E-state index contributed by atoms with van der Waals surface area (Å²) in [5.41, 5.74) is 2.60. The highest BCUT2D eigenvalue weighted by Gasteiger charge is 2.40. The number of rotatable bonds is 14. The molecule has 1 heterocycles. The molecule has 9 amide bonds. The molecule has 2 aromatic carbocycles. The van der Waals surface area contributed by atoms with Crippen LogP contribution in [0.3, 0.4) is 0 Å². The average Bonchev–Trinajstić information content (AvgIpc) is 3.35. The Hall–Kier alpha value is -7.32. The van der Waals surface area contributed by atoms with Gasteiger partial charge in [-0.25, -0.2) is 4.79 Å². The standard InChI is InChI=1S/C46H63N9O16/c1-7-23(4)38(62)48-18-28-39(63)51-29(21-56)40(64)52-33(22(2)3)43(67)54-35(37(61)30(58)19-47-32(60)17-25-13-15-27(16-14-25)26-11-9-8-10-12-26)44(68)53-34(24(5)57)42(66)49-20-31(59)41(65)55-36(45(69)50-28)46(70)71-6/h7-16,22,24,28-31,33-37,56-59,61H,17-21H2,1-6H3,(H,47,60)(H,48,62)(H,49,66)(H,50,69)(H,51,63)(H,52,64)(H,53,68)(H,54,67)(H,55,65)/b23-7-/t24-,28+,29+,30?,31+,33+,34+,35?,36?,37?/m1/s1. The van der Waals surface area contributed by atoms with E-state index in [9.17, 15) is 73.5 Å². The molecule has 0 bridgehead atoms. The van der Waals surface area contributed by atoms with E-state index in [2.05, 4.69) is 47.3 Å². The summed E-state index contributed by atoms with van der Waals surface area (Å²) < 4.78 is 4.61. The van der Waals surface area contributed by atoms with Crippen molar-refractivity contribution < 1.29 is 78.2 Å². The summed E-state index contributed by atoms with van der Waals surface area (Å²) in [6.07, 6.45) is -7.08. The van der Waals surface area contributed by atoms with Gasteiger partial charge in [0.1, 0.15) is 42.4 Å². The number of benzene rings is 2. The summed E-state index contributed by atoms with van der Waals surface area (Å²) >= 11 is 0. The maximum absolute atomic E-state index is 14.0. The van der Waals surface area contributed by atoms with Crippen LogP contribution >= 0.6 is 0 Å². The van der Waals surface area contributed by atoms with Crippen molar-refractivity contribution in [3.05, 3.63) is 71.8 Å². The molecule has 0 aromatic heterocycles. The lowest BCUT2D eigenvalue weighted by Gasteiger charge is -2.32. The van der Waals surface area contributed by atoms with E-state index >= 15 is 0 Å². The molecule has 1 saturated heterocycles. The quantitative estimate of drug-likeness (QED) is 0.0477. The SMILES string of the molecule is C/C=C(/C)C(=O)NC[C@@H]1NC(=O)C(C(=O)OC)NC(=O)[C@@H](O)CNC(=O)[C@H]([C@@H](C)O)NC(=O)C(C(O)C(O)CNC(=O)Cc2ccc(-c3ccccc3)cc2)NC(=O)[C@H](C(C)C)NC(=O)[C@H](CO)NC1=O. The smallest absolute Gasteiger partial charge is 0.338 e. The van der Waals surface area contributed by atoms with Gasteiger partial charge in [-0.05, 0) is 43.4 Å². The fourth-order valence-electron chi connectivity index (χ4n) is 6.62. The minimum atomic E-state index is -2.30. The first-order valence-corrected chi connectivity index (χ1v) is 22.4. The monoisotopic (exact) mass is 997 g/mol. The van der Waals surface area contributed by atoms with Crippen LogP contribution in [-0.4, -0.2) is 179 Å². The maximum atomic E-state index is 14.0. The van der Waals surface area contributed by atoms with E-state index in [1.54, 1.807) is 12.1 Å². The Labute approximate surface area is 408 Å². The molecule has 25 heteroatoms. The zero-order chi connectivity index (χ0) is 53.1. The number of hydrogen-bond donors (Lipinski definition) is 14. The van der Waals surface area contributed by atoms with Gasteiger partial charge >= 0.3 is 5.97 Å². The van der Waals surface area contributed by atoms with Crippen LogP contribution in [0.4, 0.5) is 0 Å². The van der Waals surface area contributed by atoms with Crippen molar-refractivity contribution in [2.45, 2.75) is 102 Å². The third kappa shape index (κ3) is 17.2. The average molecular weight is 998 g/mol. The van der Waals surface area contributed by atoms with Crippen LogP contribution in [0, 0.1) is 5.92 Å². The molecule has 1 fully saturated rings. The van der Waals surface area contributed by atoms with Gasteiger partial charge in [0, 0.05) is 18.7 Å². The Morgan fingerprint density at radius 1 is 0.704 bits per heavy atom. The van der Waals surface area contributed by atoms with Crippen LogP contribution in [-0.2, 0) is 59.1 Å². The number of allylic oxidation sites excluding steroid dienone is 1. The summed E-state index contributed by atoms with van der Waals surface area (Å²) in [6, 6.07) is 4.59. The molecule has 388 valence electrons. The number of aliphatic hydroxyl groups is 5. The van der Waals surface area contributed by atoms with E-state index in [0.717, 1.165) is 25.2 Å². The first-order chi connectivity index (χ1) is 33.5. The highest BCUT2D eigenvalue weighted by Crippen LogP contribution is 2.19.